The van der Waals surface area contributed by atoms with Crippen molar-refractivity contribution < 1.29 is 22.7 Å². The molecule has 1 aromatic rings. The van der Waals surface area contributed by atoms with Gasteiger partial charge in [-0.25, -0.2) is 4.99 Å². The Morgan fingerprint density at radius 1 is 1.43 bits per heavy atom. The van der Waals surface area contributed by atoms with Crippen LogP contribution in [0, 0.1) is 0 Å². The molecule has 0 N–H and O–H groups in total. The lowest BCUT2D eigenvalue weighted by Gasteiger charge is -2.21. The molecule has 21 heavy (non-hydrogen) atoms. The zero-order valence-corrected chi connectivity index (χ0v) is 12.0. The van der Waals surface area contributed by atoms with Crippen molar-refractivity contribution in [2.75, 3.05) is 18.5 Å². The molecule has 1 aliphatic heterocycles. The normalized spacial score (nSPS) is 17.0. The minimum atomic E-state index is -4.52. The maximum absolute atomic E-state index is 12.6. The number of hydrogen-bond acceptors (Lipinski definition) is 3. The van der Waals surface area contributed by atoms with Gasteiger partial charge in [-0.15, -0.1) is 0 Å². The van der Waals surface area contributed by atoms with Gasteiger partial charge in [0.25, 0.3) is 0 Å². The van der Waals surface area contributed by atoms with Crippen LogP contribution >= 0.6 is 11.6 Å². The van der Waals surface area contributed by atoms with E-state index in [1.165, 1.54) is 24.1 Å². The highest BCUT2D eigenvalue weighted by atomic mass is 35.5. The number of nitrogens with zero attached hydrogens (tertiary/aromatic N) is 2. The van der Waals surface area contributed by atoms with Gasteiger partial charge in [0, 0.05) is 12.1 Å². The summed E-state index contributed by atoms with van der Waals surface area (Å²) in [6.07, 6.45) is -6.56. The van der Waals surface area contributed by atoms with Gasteiger partial charge >= 0.3 is 6.18 Å². The molecule has 0 fully saturated rings. The average molecular weight is 321 g/mol. The van der Waals surface area contributed by atoms with Crippen molar-refractivity contribution in [3.63, 3.8) is 0 Å². The number of carbonyl (C=O) groups excluding carboxylic acids is 1. The van der Waals surface area contributed by atoms with Crippen molar-refractivity contribution in [3.8, 4) is 0 Å². The SMILES string of the molecule is CC(OC1=NCC(=O)N(C)c2ccc(Cl)cc21)C(F)(F)F. The van der Waals surface area contributed by atoms with Crippen LogP contribution in [0.2, 0.25) is 5.02 Å². The van der Waals surface area contributed by atoms with Gasteiger partial charge in [-0.1, -0.05) is 11.6 Å². The fraction of sp³-hybridized carbons (Fsp3) is 0.385. The topological polar surface area (TPSA) is 41.9 Å². The molecule has 0 spiro atoms. The van der Waals surface area contributed by atoms with Gasteiger partial charge in [-0.05, 0) is 25.1 Å². The molecule has 1 aliphatic rings. The molecular formula is C13H12ClF3N2O2. The first-order chi connectivity index (χ1) is 9.70. The third-order valence-electron chi connectivity index (χ3n) is 3.03. The summed E-state index contributed by atoms with van der Waals surface area (Å²) in [5.74, 6) is -0.591. The van der Waals surface area contributed by atoms with Crippen LogP contribution in [0.15, 0.2) is 23.2 Å². The third kappa shape index (κ3) is 3.29. The van der Waals surface area contributed by atoms with E-state index in [0.29, 0.717) is 10.7 Å². The predicted molar refractivity (Wildman–Crippen MR) is 72.9 cm³/mol. The summed E-state index contributed by atoms with van der Waals surface area (Å²) in [7, 11) is 1.51. The number of hydrogen-bond donors (Lipinski definition) is 0. The van der Waals surface area contributed by atoms with Crippen molar-refractivity contribution in [1.29, 1.82) is 0 Å². The van der Waals surface area contributed by atoms with Gasteiger partial charge in [0.15, 0.2) is 6.10 Å². The van der Waals surface area contributed by atoms with Gasteiger partial charge in [0.2, 0.25) is 11.8 Å². The van der Waals surface area contributed by atoms with E-state index in [1.54, 1.807) is 6.07 Å². The van der Waals surface area contributed by atoms with E-state index in [2.05, 4.69) is 4.99 Å². The fourth-order valence-electron chi connectivity index (χ4n) is 1.77. The lowest BCUT2D eigenvalue weighted by Crippen LogP contribution is -2.31. The fourth-order valence-corrected chi connectivity index (χ4v) is 1.94. The van der Waals surface area contributed by atoms with Crippen LogP contribution in [0.4, 0.5) is 18.9 Å². The molecule has 0 saturated carbocycles. The van der Waals surface area contributed by atoms with E-state index >= 15 is 0 Å². The molecule has 1 heterocycles. The summed E-state index contributed by atoms with van der Waals surface area (Å²) < 4.78 is 42.8. The number of benzodiazepines with no additional fused rings is 1. The molecule has 1 atom stereocenters. The first kappa shape index (κ1) is 15.6. The zero-order chi connectivity index (χ0) is 15.8. The van der Waals surface area contributed by atoms with E-state index in [-0.39, 0.29) is 23.9 Å². The minimum absolute atomic E-state index is 0.241. The maximum atomic E-state index is 12.6. The minimum Gasteiger partial charge on any atom is -0.465 e. The Balaban J connectivity index is 2.44. The number of likely N-dealkylation sites (N-methyl/N-ethyl adjacent to an activating group) is 1. The molecule has 0 saturated heterocycles. The van der Waals surface area contributed by atoms with Gasteiger partial charge in [-0.3, -0.25) is 4.79 Å². The Kier molecular flexibility index (Phi) is 4.13. The van der Waals surface area contributed by atoms with Gasteiger partial charge in [-0.2, -0.15) is 13.2 Å². The Bertz CT molecular complexity index is 602. The first-order valence-electron chi connectivity index (χ1n) is 6.04. The van der Waals surface area contributed by atoms with Crippen LogP contribution in [0.1, 0.15) is 12.5 Å². The molecular weight excluding hydrogens is 309 g/mol. The highest BCUT2D eigenvalue weighted by Crippen LogP contribution is 2.29. The molecule has 0 bridgehead atoms. The van der Waals surface area contributed by atoms with Crippen molar-refractivity contribution in [1.82, 2.24) is 0 Å². The summed E-state index contributed by atoms with van der Waals surface area (Å²) in [5.41, 5.74) is 0.655. The van der Waals surface area contributed by atoms with Crippen molar-refractivity contribution in [3.05, 3.63) is 28.8 Å². The lowest BCUT2D eigenvalue weighted by atomic mass is 10.1. The number of rotatable bonds is 1. The number of aliphatic imine (C=N–C) groups is 1. The largest absolute Gasteiger partial charge is 0.465 e. The van der Waals surface area contributed by atoms with Crippen molar-refractivity contribution in [2.24, 2.45) is 4.99 Å². The molecule has 0 aliphatic carbocycles. The number of benzene rings is 1. The number of halogens is 4. The number of carbonyl (C=O) groups is 1. The Morgan fingerprint density at radius 3 is 2.71 bits per heavy atom. The average Bonchev–Trinajstić information content (AvgIpc) is 2.50. The first-order valence-corrected chi connectivity index (χ1v) is 6.42. The van der Waals surface area contributed by atoms with Crippen LogP contribution in [0.25, 0.3) is 0 Å². The van der Waals surface area contributed by atoms with E-state index in [1.807, 2.05) is 0 Å². The highest BCUT2D eigenvalue weighted by molar-refractivity contribution is 6.31. The predicted octanol–water partition coefficient (Wildman–Crippen LogP) is 3.03. The molecule has 4 nitrogen and oxygen atoms in total. The number of amides is 1. The number of anilines is 1. The summed E-state index contributed by atoms with van der Waals surface area (Å²) in [4.78, 5) is 16.9. The summed E-state index contributed by atoms with van der Waals surface area (Å²) in [5, 5.41) is 0.312. The molecule has 1 aromatic carbocycles. The summed E-state index contributed by atoms with van der Waals surface area (Å²) in [6.45, 7) is 0.589. The van der Waals surface area contributed by atoms with Crippen LogP contribution in [0.5, 0.6) is 0 Å². The number of ether oxygens (including phenoxy) is 1. The van der Waals surface area contributed by atoms with Gasteiger partial charge in [0.1, 0.15) is 6.54 Å². The smallest absolute Gasteiger partial charge is 0.425 e. The molecule has 2 rings (SSSR count). The second-order valence-corrected chi connectivity index (χ2v) is 4.97. The van der Waals surface area contributed by atoms with E-state index < -0.39 is 12.3 Å². The second-order valence-electron chi connectivity index (χ2n) is 4.54. The molecule has 0 aromatic heterocycles. The second kappa shape index (κ2) is 5.55. The van der Waals surface area contributed by atoms with E-state index in [0.717, 1.165) is 6.92 Å². The summed E-state index contributed by atoms with van der Waals surface area (Å²) in [6, 6.07) is 4.51. The van der Waals surface area contributed by atoms with E-state index in [4.69, 9.17) is 16.3 Å². The number of alkyl halides is 3. The third-order valence-corrected chi connectivity index (χ3v) is 3.27. The Labute approximate surface area is 124 Å². The quantitative estimate of drug-likeness (QED) is 0.798. The van der Waals surface area contributed by atoms with Crippen LogP contribution < -0.4 is 4.90 Å². The molecule has 0 radical (unpaired) electrons. The molecule has 1 amide bonds. The highest BCUT2D eigenvalue weighted by Gasteiger charge is 2.39. The van der Waals surface area contributed by atoms with Crippen LogP contribution in [0.3, 0.4) is 0 Å². The molecule has 8 heteroatoms. The van der Waals surface area contributed by atoms with Crippen molar-refractivity contribution >= 4 is 29.1 Å². The standard InChI is InChI=1S/C13H12ClF3N2O2/c1-7(13(15,16)17)21-12-9-5-8(14)3-4-10(9)19(2)11(20)6-18-12/h3-5,7H,6H2,1-2H3. The van der Waals surface area contributed by atoms with Gasteiger partial charge < -0.3 is 9.64 Å². The van der Waals surface area contributed by atoms with Crippen molar-refractivity contribution in [2.45, 2.75) is 19.2 Å². The zero-order valence-electron chi connectivity index (χ0n) is 11.2. The summed E-state index contributed by atoms with van der Waals surface area (Å²) >= 11 is 5.87. The van der Waals surface area contributed by atoms with Gasteiger partial charge in [0.05, 0.1) is 11.3 Å². The van der Waals surface area contributed by atoms with Crippen LogP contribution in [-0.2, 0) is 9.53 Å². The number of fused-ring (bicyclic) bond motifs is 1. The van der Waals surface area contributed by atoms with Crippen LogP contribution in [-0.4, -0.2) is 37.7 Å². The monoisotopic (exact) mass is 320 g/mol. The molecule has 114 valence electrons. The maximum Gasteiger partial charge on any atom is 0.425 e. The lowest BCUT2D eigenvalue weighted by molar-refractivity contribution is -0.192. The Hall–Kier alpha value is -1.76. The molecule has 1 unspecified atom stereocenters. The van der Waals surface area contributed by atoms with E-state index in [9.17, 15) is 18.0 Å². The Morgan fingerprint density at radius 2 is 2.10 bits per heavy atom.